The van der Waals surface area contributed by atoms with Gasteiger partial charge in [0, 0.05) is 5.92 Å². The van der Waals surface area contributed by atoms with Gasteiger partial charge in [0.1, 0.15) is 12.3 Å². The third kappa shape index (κ3) is 7.15. The number of carbonyl (C=O) groups excluding carboxylic acids is 2. The van der Waals surface area contributed by atoms with Crippen molar-refractivity contribution in [3.63, 3.8) is 0 Å². The Labute approximate surface area is 211 Å². The van der Waals surface area contributed by atoms with E-state index in [4.69, 9.17) is 4.74 Å². The molecule has 0 unspecified atom stereocenters. The fraction of sp³-hybridized carbons (Fsp3) is 0.391. The van der Waals surface area contributed by atoms with Crippen LogP contribution >= 0.6 is 12.4 Å². The summed E-state index contributed by atoms with van der Waals surface area (Å²) in [7, 11) is -1.03. The molecule has 2 aromatic carbocycles. The number of nitrogens with one attached hydrogen (secondary N) is 1. The molecule has 12 heteroatoms. The van der Waals surface area contributed by atoms with Gasteiger partial charge in [0.25, 0.3) is 0 Å². The van der Waals surface area contributed by atoms with E-state index in [1.165, 1.54) is 38.5 Å². The Bertz CT molecular complexity index is 1090. The summed E-state index contributed by atoms with van der Waals surface area (Å²) in [6.45, 7) is 0.798. The third-order valence-corrected chi connectivity index (χ3v) is 7.44. The fourth-order valence-electron chi connectivity index (χ4n) is 3.65. The van der Waals surface area contributed by atoms with Crippen molar-refractivity contribution < 1.29 is 32.7 Å². The van der Waals surface area contributed by atoms with Crippen LogP contribution in [0.15, 0.2) is 58.3 Å². The van der Waals surface area contributed by atoms with E-state index in [1.54, 1.807) is 24.3 Å². The Morgan fingerprint density at radius 3 is 2.06 bits per heavy atom. The highest BCUT2D eigenvalue weighted by molar-refractivity contribution is 7.91. The smallest absolute Gasteiger partial charge is 0.327 e. The molecule has 0 radical (unpaired) electrons. The minimum absolute atomic E-state index is 0. The molecule has 35 heavy (non-hydrogen) atoms. The number of hydroxylamine groups is 1. The van der Waals surface area contributed by atoms with E-state index in [9.17, 15) is 23.2 Å². The monoisotopic (exact) mass is 527 g/mol. The number of benzene rings is 2. The third-order valence-electron chi connectivity index (χ3n) is 5.66. The normalized spacial score (nSPS) is 14.2. The molecule has 0 bridgehead atoms. The minimum atomic E-state index is -3.74. The molecule has 1 saturated heterocycles. The number of nitrogens with zero attached hydrogens (tertiary/aromatic N) is 2. The van der Waals surface area contributed by atoms with Gasteiger partial charge in [-0.05, 0) is 67.9 Å². The van der Waals surface area contributed by atoms with Crippen molar-refractivity contribution in [2.75, 3.05) is 33.9 Å². The van der Waals surface area contributed by atoms with Crippen molar-refractivity contribution >= 4 is 34.1 Å². The highest BCUT2D eigenvalue weighted by atomic mass is 35.5. The average Bonchev–Trinajstić information content (AvgIpc) is 2.87. The molecule has 0 atom stereocenters. The first-order chi connectivity index (χ1) is 16.3. The number of piperidine rings is 1. The van der Waals surface area contributed by atoms with Gasteiger partial charge in [0.05, 0.1) is 30.6 Å². The van der Waals surface area contributed by atoms with Crippen LogP contribution in [0.1, 0.15) is 18.4 Å². The Balaban J connectivity index is 0.00000432. The molecule has 2 aromatic rings. The van der Waals surface area contributed by atoms with Gasteiger partial charge >= 0.3 is 5.97 Å². The van der Waals surface area contributed by atoms with E-state index in [0.717, 1.165) is 5.01 Å². The number of hydrogen-bond acceptors (Lipinski definition) is 9. The predicted molar refractivity (Wildman–Crippen MR) is 129 cm³/mol. The van der Waals surface area contributed by atoms with Crippen molar-refractivity contribution in [3.05, 3.63) is 54.1 Å². The van der Waals surface area contributed by atoms with Crippen molar-refractivity contribution in [1.82, 2.24) is 15.5 Å². The first-order valence-electron chi connectivity index (χ1n) is 10.8. The lowest BCUT2D eigenvalue weighted by atomic mass is 9.97. The zero-order chi connectivity index (χ0) is 24.7. The molecule has 0 aromatic heterocycles. The van der Waals surface area contributed by atoms with E-state index in [-0.39, 0.29) is 40.6 Å². The van der Waals surface area contributed by atoms with Crippen molar-refractivity contribution in [3.8, 4) is 5.75 Å². The van der Waals surface area contributed by atoms with Crippen LogP contribution in [-0.4, -0.2) is 69.5 Å². The summed E-state index contributed by atoms with van der Waals surface area (Å²) in [6, 6.07) is 12.0. The van der Waals surface area contributed by atoms with E-state index >= 15 is 0 Å². The van der Waals surface area contributed by atoms with Crippen molar-refractivity contribution in [2.24, 2.45) is 5.92 Å². The van der Waals surface area contributed by atoms with Gasteiger partial charge in [0.15, 0.2) is 0 Å². The molecule has 1 heterocycles. The lowest BCUT2D eigenvalue weighted by Gasteiger charge is -2.33. The maximum Gasteiger partial charge on any atom is 0.327 e. The zero-order valence-electron chi connectivity index (χ0n) is 19.5. The number of sulfone groups is 1. The standard InChI is InChI=1S/C23H29N3O7S.ClH/c1-32-19-5-9-21(10-6-19)34(30,31)20-7-3-17(4-8-20)15-26(29)25(16-22(27)33-2)23(28)18-11-13-24-14-12-18;/h3-10,18,24,29H,11-16H2,1-2H3;1H. The quantitative estimate of drug-likeness (QED) is 0.372. The maximum atomic E-state index is 13.0. The second-order valence-corrected chi connectivity index (χ2v) is 9.80. The highest BCUT2D eigenvalue weighted by Crippen LogP contribution is 2.24. The van der Waals surface area contributed by atoms with Gasteiger partial charge in [0.2, 0.25) is 15.7 Å². The summed E-state index contributed by atoms with van der Waals surface area (Å²) in [4.78, 5) is 25.0. The molecule has 1 aliphatic rings. The first kappa shape index (κ1) is 28.5. The number of methoxy groups -OCH3 is 2. The number of esters is 1. The number of rotatable bonds is 9. The van der Waals surface area contributed by atoms with Gasteiger partial charge in [-0.25, -0.2) is 13.4 Å². The Kier molecular flexibility index (Phi) is 10.5. The first-order valence-corrected chi connectivity index (χ1v) is 12.3. The maximum absolute atomic E-state index is 13.0. The molecule has 3 rings (SSSR count). The van der Waals surface area contributed by atoms with Crippen molar-refractivity contribution in [1.29, 1.82) is 0 Å². The summed E-state index contributed by atoms with van der Waals surface area (Å²) in [5, 5.41) is 15.5. The Morgan fingerprint density at radius 1 is 1.00 bits per heavy atom. The van der Waals surface area contributed by atoms with Crippen LogP contribution in [0.4, 0.5) is 0 Å². The molecule has 192 valence electrons. The molecule has 0 spiro atoms. The molecule has 1 fully saturated rings. The molecule has 1 aliphatic heterocycles. The largest absolute Gasteiger partial charge is 0.497 e. The van der Waals surface area contributed by atoms with E-state index < -0.39 is 22.4 Å². The lowest BCUT2D eigenvalue weighted by Crippen LogP contribution is -2.51. The van der Waals surface area contributed by atoms with Gasteiger partial charge in [-0.1, -0.05) is 17.3 Å². The number of amides is 1. The number of carbonyl (C=O) groups is 2. The fourth-order valence-corrected chi connectivity index (χ4v) is 4.91. The van der Waals surface area contributed by atoms with E-state index in [0.29, 0.717) is 42.4 Å². The molecule has 0 aliphatic carbocycles. The van der Waals surface area contributed by atoms with Crippen LogP contribution < -0.4 is 10.1 Å². The molecule has 10 nitrogen and oxygen atoms in total. The number of hydrazine groups is 1. The lowest BCUT2D eigenvalue weighted by molar-refractivity contribution is -0.250. The topological polar surface area (TPSA) is 125 Å². The summed E-state index contributed by atoms with van der Waals surface area (Å²) in [6.07, 6.45) is 1.20. The van der Waals surface area contributed by atoms with Crippen LogP contribution in [-0.2, 0) is 30.7 Å². The van der Waals surface area contributed by atoms with Gasteiger partial charge in [-0.2, -0.15) is 0 Å². The zero-order valence-corrected chi connectivity index (χ0v) is 21.2. The highest BCUT2D eigenvalue weighted by Gasteiger charge is 2.31. The molecule has 1 amide bonds. The van der Waals surface area contributed by atoms with Crippen LogP contribution in [0.5, 0.6) is 5.75 Å². The van der Waals surface area contributed by atoms with Gasteiger partial charge in [-0.3, -0.25) is 14.8 Å². The van der Waals surface area contributed by atoms with Gasteiger partial charge in [-0.15, -0.1) is 12.4 Å². The minimum Gasteiger partial charge on any atom is -0.497 e. The Hall–Kier alpha value is -2.70. The number of ether oxygens (including phenoxy) is 2. The molecular formula is C23H30ClN3O7S. The van der Waals surface area contributed by atoms with Crippen LogP contribution in [0.25, 0.3) is 0 Å². The van der Waals surface area contributed by atoms with Gasteiger partial charge < -0.3 is 14.8 Å². The average molecular weight is 528 g/mol. The summed E-state index contributed by atoms with van der Waals surface area (Å²) in [5.74, 6) is -0.805. The van der Waals surface area contributed by atoms with Crippen molar-refractivity contribution in [2.45, 2.75) is 29.2 Å². The molecule has 2 N–H and O–H groups in total. The van der Waals surface area contributed by atoms with E-state index in [2.05, 4.69) is 10.1 Å². The van der Waals surface area contributed by atoms with Crippen LogP contribution in [0.2, 0.25) is 0 Å². The summed E-state index contributed by atoms with van der Waals surface area (Å²) >= 11 is 0. The predicted octanol–water partition coefficient (Wildman–Crippen LogP) is 2.06. The van der Waals surface area contributed by atoms with Crippen LogP contribution in [0, 0.1) is 5.92 Å². The Morgan fingerprint density at radius 2 is 1.54 bits per heavy atom. The number of halogens is 1. The summed E-state index contributed by atoms with van der Waals surface area (Å²) in [5.41, 5.74) is 0.546. The summed E-state index contributed by atoms with van der Waals surface area (Å²) < 4.78 is 35.5. The second kappa shape index (κ2) is 12.8. The van der Waals surface area contributed by atoms with Crippen LogP contribution in [0.3, 0.4) is 0 Å². The second-order valence-electron chi connectivity index (χ2n) is 7.85. The van der Waals surface area contributed by atoms with E-state index in [1.807, 2.05) is 0 Å². The molecular weight excluding hydrogens is 498 g/mol. The molecule has 0 saturated carbocycles. The SMILES string of the molecule is COC(=O)CN(C(=O)C1CCNCC1)N(O)Cc1ccc(S(=O)(=O)c2ccc(OC)cc2)cc1.Cl. The number of hydrogen-bond donors (Lipinski definition) is 2.